The summed E-state index contributed by atoms with van der Waals surface area (Å²) in [5.74, 6) is 1.10. The highest BCUT2D eigenvalue weighted by Crippen LogP contribution is 2.68. The van der Waals surface area contributed by atoms with Crippen LogP contribution in [-0.4, -0.2) is 35.2 Å². The van der Waals surface area contributed by atoms with Crippen LogP contribution in [0.1, 0.15) is 76.1 Å². The summed E-state index contributed by atoms with van der Waals surface area (Å²) in [5, 5.41) is 14.9. The lowest BCUT2D eigenvalue weighted by atomic mass is 9.47. The lowest BCUT2D eigenvalue weighted by Crippen LogP contribution is -2.52. The number of benzene rings is 1. The first-order valence-electron chi connectivity index (χ1n) is 13.7. The van der Waals surface area contributed by atoms with Crippen molar-refractivity contribution < 1.29 is 19.4 Å². The molecule has 2 N–H and O–H groups in total. The van der Waals surface area contributed by atoms with Crippen LogP contribution in [0.25, 0.3) is 0 Å². The van der Waals surface area contributed by atoms with Crippen LogP contribution in [-0.2, 0) is 9.53 Å². The maximum Gasteiger partial charge on any atom is 0.302 e. The summed E-state index contributed by atoms with van der Waals surface area (Å²) in [6.07, 6.45) is 10.9. The minimum Gasteiger partial charge on any atom is -0.462 e. The van der Waals surface area contributed by atoms with Crippen molar-refractivity contribution >= 4 is 11.9 Å². The number of carbonyl (C=O) groups is 2. The third-order valence-corrected chi connectivity index (χ3v) is 10.6. The van der Waals surface area contributed by atoms with Crippen LogP contribution in [0.5, 0.6) is 0 Å². The first-order valence-corrected chi connectivity index (χ1v) is 13.7. The Kier molecular flexibility index (Phi) is 6.43. The number of hydrogen-bond donors (Lipinski definition) is 2. The molecule has 0 heterocycles. The Morgan fingerprint density at radius 2 is 1.92 bits per heavy atom. The number of hydrogen-bond acceptors (Lipinski definition) is 4. The molecule has 5 nitrogen and oxygen atoms in total. The lowest BCUT2D eigenvalue weighted by Gasteiger charge is -2.58. The Balaban J connectivity index is 1.37. The SMILES string of the molecule is C=C[C@]1(O)C[C@H]2[C@@H]3CC=C4C[C@@H](OC(C)=O)CC[C@]4(C)[C@H]3CC[C@]2(C)[C@H]1CNC(=O)c1ccccc1. The van der Waals surface area contributed by atoms with Crippen molar-refractivity contribution in [2.45, 2.75) is 77.4 Å². The molecule has 3 fully saturated rings. The third-order valence-electron chi connectivity index (χ3n) is 10.6. The van der Waals surface area contributed by atoms with E-state index in [1.54, 1.807) is 6.08 Å². The molecule has 0 aliphatic heterocycles. The van der Waals surface area contributed by atoms with E-state index >= 15 is 0 Å². The number of rotatable bonds is 5. The van der Waals surface area contributed by atoms with E-state index < -0.39 is 5.60 Å². The molecule has 4 aliphatic rings. The number of carbonyl (C=O) groups excluding carboxylic acids is 2. The number of aliphatic hydroxyl groups is 1. The molecule has 0 radical (unpaired) electrons. The quantitative estimate of drug-likeness (QED) is 0.424. The van der Waals surface area contributed by atoms with Gasteiger partial charge in [-0.3, -0.25) is 9.59 Å². The largest absolute Gasteiger partial charge is 0.462 e. The van der Waals surface area contributed by atoms with Gasteiger partial charge in [-0.1, -0.05) is 49.8 Å². The van der Waals surface area contributed by atoms with E-state index in [0.29, 0.717) is 36.3 Å². The standard InChI is InChI=1S/C31H41NO4/c1-5-31(35)18-26-24-12-11-22-17-23(36-20(2)33)13-15-29(22,3)25(24)14-16-30(26,4)27(31)19-32-28(34)21-9-7-6-8-10-21/h5-11,23-27,35H,1,12-19H2,2-4H3,(H,32,34)/t23-,24+,25-,26-,27+,29-,30-,31-/m0/s1. The average molecular weight is 492 g/mol. The molecule has 0 saturated heterocycles. The topological polar surface area (TPSA) is 75.6 Å². The summed E-state index contributed by atoms with van der Waals surface area (Å²) in [7, 11) is 0. The second-order valence-corrected chi connectivity index (χ2v) is 12.3. The van der Waals surface area contributed by atoms with Crippen LogP contribution in [0.15, 0.2) is 54.6 Å². The number of allylic oxidation sites excluding steroid dienone is 1. The molecule has 0 unspecified atom stereocenters. The summed E-state index contributed by atoms with van der Waals surface area (Å²) in [4.78, 5) is 24.4. The van der Waals surface area contributed by atoms with Crippen LogP contribution in [0.3, 0.4) is 0 Å². The van der Waals surface area contributed by atoms with Crippen LogP contribution in [0.2, 0.25) is 0 Å². The van der Waals surface area contributed by atoms with Crippen LogP contribution in [0, 0.1) is 34.5 Å². The van der Waals surface area contributed by atoms with E-state index in [1.807, 2.05) is 30.3 Å². The summed E-state index contributed by atoms with van der Waals surface area (Å²) in [5.41, 5.74) is 1.19. The fourth-order valence-electron chi connectivity index (χ4n) is 8.72. The van der Waals surface area contributed by atoms with Gasteiger partial charge in [-0.25, -0.2) is 0 Å². The van der Waals surface area contributed by atoms with E-state index in [9.17, 15) is 14.7 Å². The van der Waals surface area contributed by atoms with Crippen LogP contribution >= 0.6 is 0 Å². The first-order chi connectivity index (χ1) is 17.1. The maximum absolute atomic E-state index is 12.8. The molecule has 1 aromatic rings. The summed E-state index contributed by atoms with van der Waals surface area (Å²) >= 11 is 0. The van der Waals surface area contributed by atoms with Crippen molar-refractivity contribution in [1.82, 2.24) is 5.32 Å². The molecule has 8 atom stereocenters. The van der Waals surface area contributed by atoms with Gasteiger partial charge >= 0.3 is 5.97 Å². The molecule has 0 aromatic heterocycles. The van der Waals surface area contributed by atoms with Gasteiger partial charge in [-0.2, -0.15) is 0 Å². The first kappa shape index (κ1) is 25.3. The molecule has 5 heteroatoms. The normalized spacial score (nSPS) is 41.2. The average Bonchev–Trinajstić information content (AvgIpc) is 3.09. The molecule has 36 heavy (non-hydrogen) atoms. The minimum atomic E-state index is -0.990. The Labute approximate surface area is 215 Å². The minimum absolute atomic E-state index is 0.00201. The lowest BCUT2D eigenvalue weighted by molar-refractivity contribution is -0.148. The van der Waals surface area contributed by atoms with Crippen molar-refractivity contribution in [3.8, 4) is 0 Å². The molecule has 3 saturated carbocycles. The molecule has 194 valence electrons. The van der Waals surface area contributed by atoms with Crippen LogP contribution in [0.4, 0.5) is 0 Å². The number of esters is 1. The predicted molar refractivity (Wildman–Crippen MR) is 140 cm³/mol. The van der Waals surface area contributed by atoms with E-state index in [-0.39, 0.29) is 34.7 Å². The van der Waals surface area contributed by atoms with E-state index in [4.69, 9.17) is 4.74 Å². The number of amides is 1. The Morgan fingerprint density at radius 3 is 2.61 bits per heavy atom. The summed E-state index contributed by atoms with van der Waals surface area (Å²) < 4.78 is 5.58. The number of ether oxygens (including phenoxy) is 1. The zero-order valence-electron chi connectivity index (χ0n) is 22.0. The van der Waals surface area contributed by atoms with Gasteiger partial charge in [-0.15, -0.1) is 6.58 Å². The highest BCUT2D eigenvalue weighted by molar-refractivity contribution is 5.94. The molecule has 4 aliphatic carbocycles. The molecular weight excluding hydrogens is 450 g/mol. The van der Waals surface area contributed by atoms with E-state index in [1.165, 1.54) is 12.5 Å². The second kappa shape index (κ2) is 9.16. The molecule has 0 bridgehead atoms. The molecule has 1 amide bonds. The Morgan fingerprint density at radius 1 is 1.17 bits per heavy atom. The second-order valence-electron chi connectivity index (χ2n) is 12.3. The highest BCUT2D eigenvalue weighted by Gasteiger charge is 2.64. The van der Waals surface area contributed by atoms with Gasteiger partial charge in [0, 0.05) is 31.4 Å². The predicted octanol–water partition coefficient (Wildman–Crippen LogP) is 5.45. The van der Waals surface area contributed by atoms with Gasteiger partial charge in [0.2, 0.25) is 0 Å². The summed E-state index contributed by atoms with van der Waals surface area (Å²) in [6, 6.07) is 9.29. The van der Waals surface area contributed by atoms with Crippen molar-refractivity contribution in [3.63, 3.8) is 0 Å². The van der Waals surface area contributed by atoms with Gasteiger partial charge in [0.15, 0.2) is 0 Å². The van der Waals surface area contributed by atoms with Crippen molar-refractivity contribution in [2.24, 2.45) is 34.5 Å². The van der Waals surface area contributed by atoms with Crippen molar-refractivity contribution in [3.05, 3.63) is 60.2 Å². The number of fused-ring (bicyclic) bond motifs is 5. The smallest absolute Gasteiger partial charge is 0.302 e. The fraction of sp³-hybridized carbons (Fsp3) is 0.613. The van der Waals surface area contributed by atoms with Crippen molar-refractivity contribution in [1.29, 1.82) is 0 Å². The van der Waals surface area contributed by atoms with Gasteiger partial charge in [-0.05, 0) is 79.2 Å². The van der Waals surface area contributed by atoms with E-state index in [2.05, 4.69) is 31.8 Å². The fourth-order valence-corrected chi connectivity index (χ4v) is 8.72. The maximum atomic E-state index is 12.8. The molecular formula is C31H41NO4. The molecule has 1 aromatic carbocycles. The van der Waals surface area contributed by atoms with Gasteiger partial charge in [0.1, 0.15) is 6.10 Å². The van der Waals surface area contributed by atoms with Gasteiger partial charge in [0.25, 0.3) is 5.91 Å². The summed E-state index contributed by atoms with van der Waals surface area (Å²) in [6.45, 7) is 10.8. The van der Waals surface area contributed by atoms with Crippen LogP contribution < -0.4 is 5.32 Å². The van der Waals surface area contributed by atoms with Gasteiger partial charge in [0.05, 0.1) is 5.60 Å². The zero-order valence-corrected chi connectivity index (χ0v) is 22.0. The van der Waals surface area contributed by atoms with Gasteiger partial charge < -0.3 is 15.2 Å². The highest BCUT2D eigenvalue weighted by atomic mass is 16.5. The zero-order chi connectivity index (χ0) is 25.7. The Bertz CT molecular complexity index is 1070. The third kappa shape index (κ3) is 4.04. The number of nitrogens with one attached hydrogen (secondary N) is 1. The van der Waals surface area contributed by atoms with E-state index in [0.717, 1.165) is 38.5 Å². The monoisotopic (exact) mass is 491 g/mol. The molecule has 0 spiro atoms. The molecule has 5 rings (SSSR count). The Hall–Kier alpha value is -2.40. The van der Waals surface area contributed by atoms with Crippen molar-refractivity contribution in [2.75, 3.05) is 6.54 Å².